The van der Waals surface area contributed by atoms with Gasteiger partial charge in [-0.25, -0.2) is 0 Å². The second-order valence-corrected chi connectivity index (χ2v) is 6.39. The van der Waals surface area contributed by atoms with E-state index in [0.29, 0.717) is 12.6 Å². The zero-order valence-electron chi connectivity index (χ0n) is 13.7. The number of hydrogen-bond acceptors (Lipinski definition) is 3. The highest BCUT2D eigenvalue weighted by molar-refractivity contribution is 5.30. The number of pyridine rings is 1. The van der Waals surface area contributed by atoms with Gasteiger partial charge >= 0.3 is 0 Å². The van der Waals surface area contributed by atoms with Gasteiger partial charge in [0, 0.05) is 30.4 Å². The standard InChI is InChI=1S/C17H28N2O2/c1-5-12(2)19-14(4)10-16(20)17(21)15(19)11-18-9-7-6-8-13(18)3/h10,12-13,21H,5-9,11H2,1-4H3. The normalized spacial score (nSPS) is 21.4. The highest BCUT2D eigenvalue weighted by Crippen LogP contribution is 2.26. The first kappa shape index (κ1) is 16.1. The molecule has 1 fully saturated rings. The first-order valence-corrected chi connectivity index (χ1v) is 8.13. The third-order valence-corrected chi connectivity index (χ3v) is 4.84. The van der Waals surface area contributed by atoms with Crippen molar-refractivity contribution in [3.63, 3.8) is 0 Å². The van der Waals surface area contributed by atoms with Crippen LogP contribution in [0.3, 0.4) is 0 Å². The zero-order valence-corrected chi connectivity index (χ0v) is 13.7. The fourth-order valence-electron chi connectivity index (χ4n) is 3.33. The molecule has 0 aliphatic carbocycles. The number of hydrogen-bond donors (Lipinski definition) is 1. The van der Waals surface area contributed by atoms with E-state index in [4.69, 9.17) is 0 Å². The largest absolute Gasteiger partial charge is 0.503 e. The molecule has 1 aromatic rings. The van der Waals surface area contributed by atoms with Gasteiger partial charge in [0.2, 0.25) is 5.43 Å². The number of aromatic nitrogens is 1. The Morgan fingerprint density at radius 2 is 2.14 bits per heavy atom. The van der Waals surface area contributed by atoms with E-state index in [0.717, 1.165) is 24.4 Å². The van der Waals surface area contributed by atoms with Crippen LogP contribution in [0.1, 0.15) is 63.9 Å². The average Bonchev–Trinajstić information content (AvgIpc) is 2.46. The van der Waals surface area contributed by atoms with Crippen LogP contribution in [0.2, 0.25) is 0 Å². The molecule has 1 N–H and O–H groups in total. The van der Waals surface area contributed by atoms with Crippen LogP contribution < -0.4 is 5.43 Å². The van der Waals surface area contributed by atoms with Gasteiger partial charge in [0.05, 0.1) is 5.69 Å². The molecule has 0 aromatic carbocycles. The van der Waals surface area contributed by atoms with Gasteiger partial charge in [0.25, 0.3) is 0 Å². The third kappa shape index (κ3) is 3.31. The average molecular weight is 292 g/mol. The summed E-state index contributed by atoms with van der Waals surface area (Å²) in [6.07, 6.45) is 4.64. The maximum atomic E-state index is 12.0. The fraction of sp³-hybridized carbons (Fsp3) is 0.706. The van der Waals surface area contributed by atoms with Crippen LogP contribution in [0, 0.1) is 6.92 Å². The van der Waals surface area contributed by atoms with Crippen LogP contribution in [-0.2, 0) is 6.54 Å². The van der Waals surface area contributed by atoms with E-state index in [1.54, 1.807) is 6.07 Å². The van der Waals surface area contributed by atoms with Crippen LogP contribution in [0.4, 0.5) is 0 Å². The van der Waals surface area contributed by atoms with Crippen molar-refractivity contribution < 1.29 is 5.11 Å². The molecule has 118 valence electrons. The van der Waals surface area contributed by atoms with Gasteiger partial charge in [-0.15, -0.1) is 0 Å². The molecular weight excluding hydrogens is 264 g/mol. The monoisotopic (exact) mass is 292 g/mol. The highest BCUT2D eigenvalue weighted by atomic mass is 16.3. The van der Waals surface area contributed by atoms with E-state index in [-0.39, 0.29) is 17.2 Å². The van der Waals surface area contributed by atoms with E-state index >= 15 is 0 Å². The summed E-state index contributed by atoms with van der Waals surface area (Å²) in [5.74, 6) is -0.0707. The summed E-state index contributed by atoms with van der Waals surface area (Å²) < 4.78 is 2.14. The summed E-state index contributed by atoms with van der Waals surface area (Å²) in [4.78, 5) is 14.4. The van der Waals surface area contributed by atoms with E-state index in [1.165, 1.54) is 19.3 Å². The number of aryl methyl sites for hydroxylation is 1. The first-order valence-electron chi connectivity index (χ1n) is 8.13. The van der Waals surface area contributed by atoms with Crippen LogP contribution in [0.15, 0.2) is 10.9 Å². The second-order valence-electron chi connectivity index (χ2n) is 6.39. The molecule has 0 radical (unpaired) electrons. The second kappa shape index (κ2) is 6.65. The minimum atomic E-state index is -0.258. The van der Waals surface area contributed by atoms with Crippen molar-refractivity contribution in [1.29, 1.82) is 0 Å². The molecule has 2 atom stereocenters. The van der Waals surface area contributed by atoms with Crippen LogP contribution in [-0.4, -0.2) is 27.2 Å². The molecule has 0 bridgehead atoms. The number of piperidine rings is 1. The summed E-state index contributed by atoms with van der Waals surface area (Å²) in [5, 5.41) is 10.3. The molecule has 1 aliphatic rings. The van der Waals surface area contributed by atoms with Gasteiger partial charge in [-0.2, -0.15) is 0 Å². The SMILES string of the molecule is CCC(C)n1c(C)cc(=O)c(O)c1CN1CCCCC1C. The molecule has 2 heterocycles. The maximum Gasteiger partial charge on any atom is 0.223 e. The van der Waals surface area contributed by atoms with E-state index in [2.05, 4.69) is 30.2 Å². The Balaban J connectivity index is 2.42. The minimum Gasteiger partial charge on any atom is -0.503 e. The maximum absolute atomic E-state index is 12.0. The van der Waals surface area contributed by atoms with Crippen molar-refractivity contribution in [2.45, 2.75) is 72.0 Å². The van der Waals surface area contributed by atoms with Crippen molar-refractivity contribution in [2.75, 3.05) is 6.54 Å². The summed E-state index contributed by atoms with van der Waals surface area (Å²) in [5.41, 5.74) is 1.46. The van der Waals surface area contributed by atoms with Gasteiger partial charge in [-0.05, 0) is 46.6 Å². The van der Waals surface area contributed by atoms with Gasteiger partial charge in [-0.1, -0.05) is 13.3 Å². The third-order valence-electron chi connectivity index (χ3n) is 4.84. The van der Waals surface area contributed by atoms with Crippen molar-refractivity contribution in [3.8, 4) is 5.75 Å². The summed E-state index contributed by atoms with van der Waals surface area (Å²) in [6.45, 7) is 10.2. The van der Waals surface area contributed by atoms with Gasteiger partial charge < -0.3 is 9.67 Å². The smallest absolute Gasteiger partial charge is 0.223 e. The number of rotatable bonds is 4. The Hall–Kier alpha value is -1.29. The lowest BCUT2D eigenvalue weighted by Crippen LogP contribution is -2.38. The predicted molar refractivity (Wildman–Crippen MR) is 85.8 cm³/mol. The number of nitrogens with zero attached hydrogens (tertiary/aromatic N) is 2. The van der Waals surface area contributed by atoms with E-state index in [1.807, 2.05) is 6.92 Å². The van der Waals surface area contributed by atoms with Crippen molar-refractivity contribution in [3.05, 3.63) is 27.7 Å². The van der Waals surface area contributed by atoms with Crippen LogP contribution in [0.5, 0.6) is 5.75 Å². The van der Waals surface area contributed by atoms with Crippen LogP contribution in [0.25, 0.3) is 0 Å². The molecule has 0 amide bonds. The Bertz CT molecular complexity index is 550. The Labute approximate surface area is 127 Å². The topological polar surface area (TPSA) is 45.5 Å². The Morgan fingerprint density at radius 1 is 1.43 bits per heavy atom. The summed E-state index contributed by atoms with van der Waals surface area (Å²) in [7, 11) is 0. The van der Waals surface area contributed by atoms with Gasteiger partial charge in [-0.3, -0.25) is 9.69 Å². The lowest BCUT2D eigenvalue weighted by Gasteiger charge is -2.35. The molecular formula is C17H28N2O2. The van der Waals surface area contributed by atoms with Gasteiger partial charge in [0.15, 0.2) is 5.75 Å². The molecule has 2 unspecified atom stereocenters. The van der Waals surface area contributed by atoms with Crippen molar-refractivity contribution >= 4 is 0 Å². The number of likely N-dealkylation sites (tertiary alicyclic amines) is 1. The molecule has 4 nitrogen and oxygen atoms in total. The molecule has 21 heavy (non-hydrogen) atoms. The van der Waals surface area contributed by atoms with E-state index in [9.17, 15) is 9.90 Å². The highest BCUT2D eigenvalue weighted by Gasteiger charge is 2.23. The number of aromatic hydroxyl groups is 1. The quantitative estimate of drug-likeness (QED) is 0.927. The predicted octanol–water partition coefficient (Wildman–Crippen LogP) is 3.21. The van der Waals surface area contributed by atoms with Crippen molar-refractivity contribution in [1.82, 2.24) is 9.47 Å². The molecule has 0 saturated carbocycles. The Morgan fingerprint density at radius 3 is 2.76 bits per heavy atom. The molecule has 1 saturated heterocycles. The lowest BCUT2D eigenvalue weighted by atomic mass is 10.0. The summed E-state index contributed by atoms with van der Waals surface area (Å²) >= 11 is 0. The first-order chi connectivity index (χ1) is 9.95. The molecule has 2 rings (SSSR count). The fourth-order valence-corrected chi connectivity index (χ4v) is 3.33. The molecule has 0 spiro atoms. The van der Waals surface area contributed by atoms with Crippen LogP contribution >= 0.6 is 0 Å². The molecule has 1 aromatic heterocycles. The van der Waals surface area contributed by atoms with E-state index < -0.39 is 0 Å². The molecule has 4 heteroatoms. The Kier molecular flexibility index (Phi) is 5.09. The minimum absolute atomic E-state index is 0.0707. The summed E-state index contributed by atoms with van der Waals surface area (Å²) in [6, 6.07) is 2.34. The van der Waals surface area contributed by atoms with Gasteiger partial charge in [0.1, 0.15) is 0 Å². The molecule has 1 aliphatic heterocycles. The zero-order chi connectivity index (χ0) is 15.6. The lowest BCUT2D eigenvalue weighted by molar-refractivity contribution is 0.145. The van der Waals surface area contributed by atoms with Crippen molar-refractivity contribution in [2.24, 2.45) is 0 Å².